The molecule has 1 aromatic heterocycles. The standard InChI is InChI=1S/C16H28ClN3/c1-11-13(14(17)20(5)19-11)10-16(18)8-6-12(7-9-16)15(2,3)4/h12H,6-10,18H2,1-5H3. The third-order valence-corrected chi connectivity index (χ3v) is 5.48. The Kier molecular flexibility index (Phi) is 4.23. The van der Waals surface area contributed by atoms with Crippen LogP contribution < -0.4 is 5.73 Å². The van der Waals surface area contributed by atoms with Crippen LogP contribution in [0, 0.1) is 18.3 Å². The lowest BCUT2D eigenvalue weighted by molar-refractivity contribution is 0.134. The van der Waals surface area contributed by atoms with E-state index in [1.165, 1.54) is 12.8 Å². The Bertz CT molecular complexity index is 477. The lowest BCUT2D eigenvalue weighted by atomic mass is 9.66. The molecule has 1 heterocycles. The molecule has 0 amide bonds. The van der Waals surface area contributed by atoms with E-state index in [1.807, 2.05) is 14.0 Å². The number of nitrogens with two attached hydrogens (primary N) is 1. The van der Waals surface area contributed by atoms with E-state index in [-0.39, 0.29) is 5.54 Å². The predicted octanol–water partition coefficient (Wildman–Crippen LogP) is 3.86. The first-order valence-corrected chi connectivity index (χ1v) is 7.97. The SMILES string of the molecule is Cc1nn(C)c(Cl)c1CC1(N)CCC(C(C)(C)C)CC1. The fourth-order valence-corrected chi connectivity index (χ4v) is 3.70. The highest BCUT2D eigenvalue weighted by molar-refractivity contribution is 6.30. The first-order valence-electron chi connectivity index (χ1n) is 7.59. The van der Waals surface area contributed by atoms with Crippen molar-refractivity contribution >= 4 is 11.6 Å². The topological polar surface area (TPSA) is 43.8 Å². The van der Waals surface area contributed by atoms with Crippen molar-refractivity contribution in [3.05, 3.63) is 16.4 Å². The van der Waals surface area contributed by atoms with Gasteiger partial charge < -0.3 is 5.73 Å². The van der Waals surface area contributed by atoms with E-state index in [2.05, 4.69) is 25.9 Å². The van der Waals surface area contributed by atoms with Gasteiger partial charge in [0.05, 0.1) is 5.69 Å². The van der Waals surface area contributed by atoms with Gasteiger partial charge in [0, 0.05) is 18.2 Å². The molecule has 114 valence electrons. The molecule has 4 heteroatoms. The fraction of sp³-hybridized carbons (Fsp3) is 0.812. The lowest BCUT2D eigenvalue weighted by Crippen LogP contribution is -2.46. The zero-order chi connectivity index (χ0) is 15.1. The van der Waals surface area contributed by atoms with E-state index in [1.54, 1.807) is 4.68 Å². The summed E-state index contributed by atoms with van der Waals surface area (Å²) in [4.78, 5) is 0. The molecular formula is C16H28ClN3. The molecule has 3 nitrogen and oxygen atoms in total. The van der Waals surface area contributed by atoms with Crippen LogP contribution in [0.2, 0.25) is 5.15 Å². The summed E-state index contributed by atoms with van der Waals surface area (Å²) in [6.45, 7) is 9.03. The summed E-state index contributed by atoms with van der Waals surface area (Å²) >= 11 is 6.34. The molecule has 1 fully saturated rings. The van der Waals surface area contributed by atoms with Crippen LogP contribution >= 0.6 is 11.6 Å². The largest absolute Gasteiger partial charge is 0.325 e. The molecule has 0 radical (unpaired) electrons. The first-order chi connectivity index (χ1) is 9.12. The number of rotatable bonds is 2. The number of halogens is 1. The van der Waals surface area contributed by atoms with Gasteiger partial charge in [-0.1, -0.05) is 32.4 Å². The molecule has 2 rings (SSSR count). The monoisotopic (exact) mass is 297 g/mol. The summed E-state index contributed by atoms with van der Waals surface area (Å²) in [5.74, 6) is 0.782. The van der Waals surface area contributed by atoms with E-state index in [0.717, 1.165) is 41.6 Å². The number of aromatic nitrogens is 2. The maximum Gasteiger partial charge on any atom is 0.130 e. The fourth-order valence-electron chi connectivity index (χ4n) is 3.46. The zero-order valence-corrected chi connectivity index (χ0v) is 14.2. The summed E-state index contributed by atoms with van der Waals surface area (Å²) in [5, 5.41) is 5.13. The van der Waals surface area contributed by atoms with Crippen molar-refractivity contribution in [3.63, 3.8) is 0 Å². The number of aryl methyl sites for hydroxylation is 2. The van der Waals surface area contributed by atoms with Gasteiger partial charge in [-0.3, -0.25) is 4.68 Å². The summed E-state index contributed by atoms with van der Waals surface area (Å²) in [6.07, 6.45) is 5.45. The highest BCUT2D eigenvalue weighted by atomic mass is 35.5. The molecule has 1 aliphatic rings. The van der Waals surface area contributed by atoms with Gasteiger partial charge in [0.25, 0.3) is 0 Å². The smallest absolute Gasteiger partial charge is 0.130 e. The third kappa shape index (κ3) is 3.20. The summed E-state index contributed by atoms with van der Waals surface area (Å²) in [6, 6.07) is 0. The predicted molar refractivity (Wildman–Crippen MR) is 85.0 cm³/mol. The van der Waals surface area contributed by atoms with Crippen molar-refractivity contribution in [1.82, 2.24) is 9.78 Å². The van der Waals surface area contributed by atoms with Crippen LogP contribution in [0.25, 0.3) is 0 Å². The number of hydrogen-bond donors (Lipinski definition) is 1. The molecule has 0 aromatic carbocycles. The summed E-state index contributed by atoms with van der Waals surface area (Å²) in [7, 11) is 1.89. The molecule has 0 aliphatic heterocycles. The maximum atomic E-state index is 6.65. The van der Waals surface area contributed by atoms with Gasteiger partial charge in [-0.15, -0.1) is 0 Å². The number of hydrogen-bond acceptors (Lipinski definition) is 2. The maximum absolute atomic E-state index is 6.65. The molecule has 1 aromatic rings. The van der Waals surface area contributed by atoms with Crippen LogP contribution in [0.15, 0.2) is 0 Å². The lowest BCUT2D eigenvalue weighted by Gasteiger charge is -2.42. The Morgan fingerprint density at radius 3 is 2.30 bits per heavy atom. The molecule has 0 bridgehead atoms. The molecule has 0 saturated heterocycles. The van der Waals surface area contributed by atoms with E-state index in [9.17, 15) is 0 Å². The van der Waals surface area contributed by atoms with Crippen molar-refractivity contribution in [1.29, 1.82) is 0 Å². The van der Waals surface area contributed by atoms with Gasteiger partial charge in [0.1, 0.15) is 5.15 Å². The minimum atomic E-state index is -0.112. The van der Waals surface area contributed by atoms with E-state index < -0.39 is 0 Å². The summed E-state index contributed by atoms with van der Waals surface area (Å²) in [5.41, 5.74) is 9.07. The van der Waals surface area contributed by atoms with Crippen LogP contribution in [0.1, 0.15) is 57.7 Å². The molecule has 2 N–H and O–H groups in total. The molecule has 20 heavy (non-hydrogen) atoms. The molecule has 0 spiro atoms. The molecular weight excluding hydrogens is 270 g/mol. The van der Waals surface area contributed by atoms with Crippen molar-refractivity contribution in [2.75, 3.05) is 0 Å². The molecule has 0 atom stereocenters. The van der Waals surface area contributed by atoms with Crippen molar-refractivity contribution in [2.24, 2.45) is 24.1 Å². The van der Waals surface area contributed by atoms with Crippen LogP contribution in [0.3, 0.4) is 0 Å². The molecule has 1 aliphatic carbocycles. The van der Waals surface area contributed by atoms with Crippen molar-refractivity contribution in [2.45, 2.75) is 65.3 Å². The highest BCUT2D eigenvalue weighted by Crippen LogP contribution is 2.42. The van der Waals surface area contributed by atoms with Crippen LogP contribution in [0.5, 0.6) is 0 Å². The van der Waals surface area contributed by atoms with Gasteiger partial charge in [-0.2, -0.15) is 5.10 Å². The quantitative estimate of drug-likeness (QED) is 0.901. The summed E-state index contributed by atoms with van der Waals surface area (Å²) < 4.78 is 1.75. The van der Waals surface area contributed by atoms with E-state index in [4.69, 9.17) is 17.3 Å². The molecule has 0 unspecified atom stereocenters. The van der Waals surface area contributed by atoms with E-state index >= 15 is 0 Å². The Labute approximate surface area is 127 Å². The van der Waals surface area contributed by atoms with Crippen molar-refractivity contribution < 1.29 is 0 Å². The Hall–Kier alpha value is -0.540. The molecule has 1 saturated carbocycles. The third-order valence-electron chi connectivity index (χ3n) is 5.00. The van der Waals surface area contributed by atoms with E-state index in [0.29, 0.717) is 5.41 Å². The van der Waals surface area contributed by atoms with Gasteiger partial charge in [0.15, 0.2) is 0 Å². The average Bonchev–Trinajstić information content (AvgIpc) is 2.55. The van der Waals surface area contributed by atoms with Crippen LogP contribution in [0.4, 0.5) is 0 Å². The second-order valence-electron chi connectivity index (χ2n) is 7.66. The van der Waals surface area contributed by atoms with Gasteiger partial charge in [-0.05, 0) is 50.4 Å². The zero-order valence-electron chi connectivity index (χ0n) is 13.5. The second kappa shape index (κ2) is 5.34. The van der Waals surface area contributed by atoms with Gasteiger partial charge in [-0.25, -0.2) is 0 Å². The Morgan fingerprint density at radius 1 is 1.35 bits per heavy atom. The normalized spacial score (nSPS) is 27.9. The number of nitrogens with zero attached hydrogens (tertiary/aromatic N) is 2. The van der Waals surface area contributed by atoms with Crippen LogP contribution in [-0.2, 0) is 13.5 Å². The average molecular weight is 298 g/mol. The van der Waals surface area contributed by atoms with Crippen LogP contribution in [-0.4, -0.2) is 15.3 Å². The Balaban J connectivity index is 2.07. The second-order valence-corrected chi connectivity index (χ2v) is 8.02. The first kappa shape index (κ1) is 15.8. The minimum absolute atomic E-state index is 0.112. The van der Waals surface area contributed by atoms with Gasteiger partial charge >= 0.3 is 0 Å². The van der Waals surface area contributed by atoms with Crippen molar-refractivity contribution in [3.8, 4) is 0 Å². The highest BCUT2D eigenvalue weighted by Gasteiger charge is 2.37. The minimum Gasteiger partial charge on any atom is -0.325 e. The Morgan fingerprint density at radius 2 is 1.90 bits per heavy atom. The van der Waals surface area contributed by atoms with Gasteiger partial charge in [0.2, 0.25) is 0 Å².